The fourth-order valence-electron chi connectivity index (χ4n) is 3.76. The molecule has 0 saturated carbocycles. The summed E-state index contributed by atoms with van der Waals surface area (Å²) in [6.07, 6.45) is 1.69. The van der Waals surface area contributed by atoms with Crippen LogP contribution in [0.3, 0.4) is 0 Å². The molecule has 0 saturated heterocycles. The standard InChI is InChI=1S/C26H29AsN6O3/c1-32(2)26(35)30-24-13-17(11-12-28-24)15-27-21-8-6-5-7-19(21)25(34)29-18-9-10-20-22(16-36-4)31-33(3)23(20)14-18/h5-14,27H,15-16H2,1-4H3,(H,29,34)(H,28,30,35). The van der Waals surface area contributed by atoms with Gasteiger partial charge >= 0.3 is 217 Å². The number of nitrogens with one attached hydrogen (secondary N) is 2. The number of anilines is 2. The van der Waals surface area contributed by atoms with Gasteiger partial charge in [0.25, 0.3) is 0 Å². The Balaban J connectivity index is 1.47. The number of amides is 3. The molecule has 4 aromatic rings. The normalized spacial score (nSPS) is 11.2. The molecule has 186 valence electrons. The van der Waals surface area contributed by atoms with Crippen LogP contribution in [-0.2, 0) is 23.6 Å². The van der Waals surface area contributed by atoms with Gasteiger partial charge < -0.3 is 0 Å². The summed E-state index contributed by atoms with van der Waals surface area (Å²) in [7, 11) is 6.89. The van der Waals surface area contributed by atoms with Crippen LogP contribution >= 0.6 is 0 Å². The summed E-state index contributed by atoms with van der Waals surface area (Å²) < 4.78 is 8.10. The zero-order valence-electron chi connectivity index (χ0n) is 20.7. The van der Waals surface area contributed by atoms with Gasteiger partial charge in [0.2, 0.25) is 0 Å². The molecule has 0 aliphatic heterocycles. The molecular weight excluding hydrogens is 519 g/mol. The average molecular weight is 548 g/mol. The maximum atomic E-state index is 13.2. The molecule has 0 bridgehead atoms. The molecule has 0 radical (unpaired) electrons. The van der Waals surface area contributed by atoms with E-state index in [0.29, 0.717) is 23.7 Å². The van der Waals surface area contributed by atoms with Crippen LogP contribution in [0.25, 0.3) is 10.9 Å². The number of rotatable bonds is 8. The molecule has 9 nitrogen and oxygen atoms in total. The Morgan fingerprint density at radius 3 is 2.67 bits per heavy atom. The first-order valence-corrected chi connectivity index (χ1v) is 13.9. The van der Waals surface area contributed by atoms with Gasteiger partial charge in [-0.2, -0.15) is 0 Å². The van der Waals surface area contributed by atoms with Gasteiger partial charge in [-0.15, -0.1) is 0 Å². The first-order valence-electron chi connectivity index (χ1n) is 11.4. The van der Waals surface area contributed by atoms with Crippen LogP contribution in [0, 0.1) is 0 Å². The molecule has 2 aromatic carbocycles. The summed E-state index contributed by atoms with van der Waals surface area (Å²) in [6.45, 7) is 0.432. The molecule has 10 heteroatoms. The summed E-state index contributed by atoms with van der Waals surface area (Å²) in [5.41, 5.74) is 4.26. The molecule has 2 aromatic heterocycles. The number of nitrogens with zero attached hydrogens (tertiary/aromatic N) is 4. The van der Waals surface area contributed by atoms with Crippen molar-refractivity contribution in [2.24, 2.45) is 7.05 Å². The molecule has 1 atom stereocenters. The second-order valence-corrected chi connectivity index (χ2v) is 11.1. The van der Waals surface area contributed by atoms with Crippen LogP contribution in [0.15, 0.2) is 60.8 Å². The summed E-state index contributed by atoms with van der Waals surface area (Å²) in [5.74, 6) is 0.379. The summed E-state index contributed by atoms with van der Waals surface area (Å²) in [4.78, 5) is 30.8. The Morgan fingerprint density at radius 1 is 1.08 bits per heavy atom. The fourth-order valence-corrected chi connectivity index (χ4v) is 6.31. The van der Waals surface area contributed by atoms with E-state index in [-0.39, 0.29) is 11.9 Å². The number of aromatic nitrogens is 3. The van der Waals surface area contributed by atoms with Crippen LogP contribution < -0.4 is 15.0 Å². The molecule has 1 unspecified atom stereocenters. The van der Waals surface area contributed by atoms with E-state index in [0.717, 1.165) is 31.7 Å². The number of pyridine rings is 1. The number of aryl methyl sites for hydroxylation is 1. The Kier molecular flexibility index (Phi) is 8.03. The number of benzene rings is 2. The molecule has 2 N–H and O–H groups in total. The number of hydrogen-bond acceptors (Lipinski definition) is 5. The predicted molar refractivity (Wildman–Crippen MR) is 143 cm³/mol. The van der Waals surface area contributed by atoms with Gasteiger partial charge in [-0.3, -0.25) is 0 Å². The summed E-state index contributed by atoms with van der Waals surface area (Å²) in [5, 5.41) is 12.2. The molecule has 0 spiro atoms. The van der Waals surface area contributed by atoms with Crippen molar-refractivity contribution >= 4 is 54.4 Å². The first kappa shape index (κ1) is 25.4. The number of carbonyl (C=O) groups is 2. The van der Waals surface area contributed by atoms with Crippen molar-refractivity contribution in [3.63, 3.8) is 0 Å². The van der Waals surface area contributed by atoms with Crippen molar-refractivity contribution in [2.75, 3.05) is 31.8 Å². The van der Waals surface area contributed by atoms with E-state index in [1.165, 1.54) is 4.90 Å². The van der Waals surface area contributed by atoms with Crippen molar-refractivity contribution < 1.29 is 14.3 Å². The molecular formula is C26H29AsN6O3. The van der Waals surface area contributed by atoms with Gasteiger partial charge in [-0.1, -0.05) is 0 Å². The van der Waals surface area contributed by atoms with Crippen LogP contribution in [-0.4, -0.2) is 68.6 Å². The van der Waals surface area contributed by atoms with E-state index >= 15 is 0 Å². The molecule has 2 heterocycles. The predicted octanol–water partition coefficient (Wildman–Crippen LogP) is 2.72. The molecule has 3 amide bonds. The SMILES string of the molecule is COCc1nn(C)c2cc(NC(=O)c3ccccc3[AsH]Cc3ccnc(NC(=O)N(C)C)c3)ccc12. The van der Waals surface area contributed by atoms with E-state index in [1.54, 1.807) is 32.1 Å². The zero-order chi connectivity index (χ0) is 25.7. The van der Waals surface area contributed by atoms with E-state index in [1.807, 2.05) is 61.6 Å². The van der Waals surface area contributed by atoms with E-state index < -0.39 is 15.8 Å². The van der Waals surface area contributed by atoms with Crippen molar-refractivity contribution in [1.82, 2.24) is 19.7 Å². The van der Waals surface area contributed by atoms with Crippen LogP contribution in [0.2, 0.25) is 0 Å². The second kappa shape index (κ2) is 11.4. The number of ether oxygens (including phenoxy) is 1. The van der Waals surface area contributed by atoms with Gasteiger partial charge in [0.15, 0.2) is 0 Å². The van der Waals surface area contributed by atoms with Crippen LogP contribution in [0.4, 0.5) is 16.3 Å². The zero-order valence-corrected chi connectivity index (χ0v) is 22.8. The number of fused-ring (bicyclic) bond motifs is 1. The second-order valence-electron chi connectivity index (χ2n) is 8.46. The molecule has 0 aliphatic carbocycles. The topological polar surface area (TPSA) is 101 Å². The Bertz CT molecular complexity index is 1400. The number of methoxy groups -OCH3 is 1. The Hall–Kier alpha value is -3.68. The fraction of sp³-hybridized carbons (Fsp3) is 0.231. The van der Waals surface area contributed by atoms with Gasteiger partial charge in [0.1, 0.15) is 0 Å². The number of hydrogen-bond donors (Lipinski definition) is 2. The van der Waals surface area contributed by atoms with Gasteiger partial charge in [-0.25, -0.2) is 0 Å². The van der Waals surface area contributed by atoms with Crippen LogP contribution in [0.5, 0.6) is 0 Å². The van der Waals surface area contributed by atoms with Crippen molar-refractivity contribution in [3.05, 3.63) is 77.6 Å². The first-order chi connectivity index (χ1) is 17.4. The van der Waals surface area contributed by atoms with Gasteiger partial charge in [0.05, 0.1) is 0 Å². The summed E-state index contributed by atoms with van der Waals surface area (Å²) in [6, 6.07) is 17.1. The van der Waals surface area contributed by atoms with Gasteiger partial charge in [0, 0.05) is 0 Å². The average Bonchev–Trinajstić information content (AvgIpc) is 3.17. The number of carbonyl (C=O) groups excluding carboxylic acids is 2. The van der Waals surface area contributed by atoms with E-state index in [9.17, 15) is 9.59 Å². The van der Waals surface area contributed by atoms with Crippen molar-refractivity contribution in [2.45, 2.75) is 11.8 Å². The molecule has 0 fully saturated rings. The Morgan fingerprint density at radius 2 is 1.89 bits per heavy atom. The minimum atomic E-state index is -0.664. The Labute approximate surface area is 216 Å². The van der Waals surface area contributed by atoms with Crippen molar-refractivity contribution in [1.29, 1.82) is 0 Å². The summed E-state index contributed by atoms with van der Waals surface area (Å²) >= 11 is -0.664. The molecule has 0 aliphatic rings. The molecule has 4 rings (SSSR count). The maximum absolute atomic E-state index is 13.2. The quantitative estimate of drug-likeness (QED) is 0.330. The van der Waals surface area contributed by atoms with Crippen LogP contribution in [0.1, 0.15) is 21.6 Å². The third kappa shape index (κ3) is 5.93. The van der Waals surface area contributed by atoms with Crippen molar-refractivity contribution in [3.8, 4) is 0 Å². The third-order valence-corrected chi connectivity index (χ3v) is 8.53. The van der Waals surface area contributed by atoms with Gasteiger partial charge in [-0.05, 0) is 0 Å². The molecule has 36 heavy (non-hydrogen) atoms. The van der Waals surface area contributed by atoms with E-state index in [2.05, 4.69) is 20.7 Å². The number of urea groups is 1. The minimum absolute atomic E-state index is 0.137. The monoisotopic (exact) mass is 548 g/mol. The third-order valence-electron chi connectivity index (χ3n) is 5.59. The van der Waals surface area contributed by atoms with E-state index in [4.69, 9.17) is 4.74 Å².